The Morgan fingerprint density at radius 2 is 1.78 bits per heavy atom. The van der Waals surface area contributed by atoms with Crippen LogP contribution in [0.5, 0.6) is 0 Å². The number of benzene rings is 2. The molecule has 0 unspecified atom stereocenters. The lowest BCUT2D eigenvalue weighted by Crippen LogP contribution is -2.49. The first-order valence-electron chi connectivity index (χ1n) is 9.29. The molecule has 1 fully saturated rings. The molecule has 4 nitrogen and oxygen atoms in total. The molecule has 1 heterocycles. The zero-order valence-corrected chi connectivity index (χ0v) is 16.1. The van der Waals surface area contributed by atoms with E-state index in [4.69, 9.17) is 11.6 Å². The summed E-state index contributed by atoms with van der Waals surface area (Å²) < 4.78 is 13.6. The van der Waals surface area contributed by atoms with Gasteiger partial charge in [-0.2, -0.15) is 0 Å². The minimum absolute atomic E-state index is 0.00497. The third kappa shape index (κ3) is 6.31. The van der Waals surface area contributed by atoms with Crippen LogP contribution in [0.3, 0.4) is 0 Å². The van der Waals surface area contributed by atoms with Gasteiger partial charge in [0.15, 0.2) is 0 Å². The van der Waals surface area contributed by atoms with Gasteiger partial charge in [-0.15, -0.1) is 0 Å². The van der Waals surface area contributed by atoms with E-state index in [1.807, 2.05) is 24.3 Å². The summed E-state index contributed by atoms with van der Waals surface area (Å²) in [5, 5.41) is 3.65. The molecule has 2 aromatic rings. The number of carbonyl (C=O) groups excluding carboxylic acids is 1. The van der Waals surface area contributed by atoms with Crippen LogP contribution in [-0.2, 0) is 17.8 Å². The highest BCUT2D eigenvalue weighted by molar-refractivity contribution is 6.30. The number of piperazine rings is 1. The fraction of sp³-hybridized carbons (Fsp3) is 0.381. The van der Waals surface area contributed by atoms with E-state index in [0.29, 0.717) is 25.1 Å². The molecule has 144 valence electrons. The van der Waals surface area contributed by atoms with Crippen LogP contribution in [0.4, 0.5) is 4.39 Å². The molecule has 0 bridgehead atoms. The van der Waals surface area contributed by atoms with Gasteiger partial charge in [0.05, 0.1) is 6.54 Å². The normalized spacial score (nSPS) is 15.6. The van der Waals surface area contributed by atoms with Gasteiger partial charge in [0, 0.05) is 44.3 Å². The Morgan fingerprint density at radius 3 is 2.52 bits per heavy atom. The van der Waals surface area contributed by atoms with Gasteiger partial charge in [0.25, 0.3) is 0 Å². The van der Waals surface area contributed by atoms with Gasteiger partial charge in [-0.05, 0) is 35.7 Å². The van der Waals surface area contributed by atoms with Crippen molar-refractivity contribution in [1.29, 1.82) is 0 Å². The van der Waals surface area contributed by atoms with Crippen LogP contribution in [0, 0.1) is 5.82 Å². The smallest absolute Gasteiger partial charge is 0.234 e. The average Bonchev–Trinajstić information content (AvgIpc) is 2.65. The Bertz CT molecular complexity index is 763. The summed E-state index contributed by atoms with van der Waals surface area (Å²) in [5.41, 5.74) is 1.84. The molecular formula is C21H25ClFN3O. The van der Waals surface area contributed by atoms with Crippen molar-refractivity contribution in [2.24, 2.45) is 0 Å². The van der Waals surface area contributed by atoms with Crippen molar-refractivity contribution in [3.05, 3.63) is 70.5 Å². The van der Waals surface area contributed by atoms with E-state index in [1.54, 1.807) is 12.1 Å². The molecule has 2 aromatic carbocycles. The Morgan fingerprint density at radius 1 is 1.04 bits per heavy atom. The lowest BCUT2D eigenvalue weighted by atomic mass is 10.1. The number of hydrogen-bond acceptors (Lipinski definition) is 3. The van der Waals surface area contributed by atoms with E-state index in [9.17, 15) is 9.18 Å². The summed E-state index contributed by atoms with van der Waals surface area (Å²) in [6.07, 6.45) is 0.506. The van der Waals surface area contributed by atoms with Crippen molar-refractivity contribution in [2.75, 3.05) is 39.3 Å². The molecular weight excluding hydrogens is 365 g/mol. The summed E-state index contributed by atoms with van der Waals surface area (Å²) in [7, 11) is 0. The second kappa shape index (κ2) is 9.83. The van der Waals surface area contributed by atoms with Crippen molar-refractivity contribution >= 4 is 17.5 Å². The number of hydrogen-bond donors (Lipinski definition) is 1. The summed E-state index contributed by atoms with van der Waals surface area (Å²) >= 11 is 6.04. The summed E-state index contributed by atoms with van der Waals surface area (Å²) in [4.78, 5) is 16.7. The van der Waals surface area contributed by atoms with Crippen molar-refractivity contribution in [3.8, 4) is 0 Å². The standard InChI is InChI=1S/C21H25ClFN3O/c22-19-6-3-4-17(14-19)15-25-10-12-26(13-11-25)16-21(27)24-9-8-18-5-1-2-7-20(18)23/h1-7,14H,8-13,15-16H2,(H,24,27). The summed E-state index contributed by atoms with van der Waals surface area (Å²) in [6, 6.07) is 14.6. The minimum atomic E-state index is -0.220. The van der Waals surface area contributed by atoms with E-state index in [-0.39, 0.29) is 11.7 Å². The first-order valence-corrected chi connectivity index (χ1v) is 9.67. The second-order valence-electron chi connectivity index (χ2n) is 6.87. The number of nitrogens with one attached hydrogen (secondary N) is 1. The van der Waals surface area contributed by atoms with Crippen molar-refractivity contribution in [3.63, 3.8) is 0 Å². The topological polar surface area (TPSA) is 35.6 Å². The van der Waals surface area contributed by atoms with Crippen LogP contribution < -0.4 is 5.32 Å². The van der Waals surface area contributed by atoms with Gasteiger partial charge >= 0.3 is 0 Å². The highest BCUT2D eigenvalue weighted by Crippen LogP contribution is 2.14. The third-order valence-corrected chi connectivity index (χ3v) is 5.04. The average molecular weight is 390 g/mol. The van der Waals surface area contributed by atoms with Crippen LogP contribution in [-0.4, -0.2) is 55.0 Å². The van der Waals surface area contributed by atoms with Gasteiger partial charge < -0.3 is 5.32 Å². The van der Waals surface area contributed by atoms with Crippen molar-refractivity contribution < 1.29 is 9.18 Å². The van der Waals surface area contributed by atoms with Crippen LogP contribution in [0.25, 0.3) is 0 Å². The lowest BCUT2D eigenvalue weighted by Gasteiger charge is -2.34. The molecule has 1 N–H and O–H groups in total. The quantitative estimate of drug-likeness (QED) is 0.790. The fourth-order valence-electron chi connectivity index (χ4n) is 3.30. The summed E-state index contributed by atoms with van der Waals surface area (Å²) in [5.74, 6) is -0.225. The van der Waals surface area contributed by atoms with Gasteiger partial charge in [-0.1, -0.05) is 41.9 Å². The lowest BCUT2D eigenvalue weighted by molar-refractivity contribution is -0.122. The zero-order valence-electron chi connectivity index (χ0n) is 15.3. The molecule has 1 saturated heterocycles. The molecule has 1 aliphatic heterocycles. The van der Waals surface area contributed by atoms with Crippen LogP contribution >= 0.6 is 11.6 Å². The first kappa shape index (κ1) is 19.8. The molecule has 0 saturated carbocycles. The monoisotopic (exact) mass is 389 g/mol. The molecule has 0 aliphatic carbocycles. The van der Waals surface area contributed by atoms with Crippen molar-refractivity contribution in [1.82, 2.24) is 15.1 Å². The Labute approximate surface area is 164 Å². The zero-order chi connectivity index (χ0) is 19.1. The molecule has 0 spiro atoms. The molecule has 0 atom stereocenters. The van der Waals surface area contributed by atoms with Gasteiger partial charge in [-0.3, -0.25) is 14.6 Å². The minimum Gasteiger partial charge on any atom is -0.355 e. The Hall–Kier alpha value is -1.95. The van der Waals surface area contributed by atoms with E-state index in [2.05, 4.69) is 21.2 Å². The van der Waals surface area contributed by atoms with Crippen LogP contribution in [0.1, 0.15) is 11.1 Å². The number of halogens is 2. The fourth-order valence-corrected chi connectivity index (χ4v) is 3.51. The molecule has 27 heavy (non-hydrogen) atoms. The van der Waals surface area contributed by atoms with Crippen molar-refractivity contribution in [2.45, 2.75) is 13.0 Å². The molecule has 0 radical (unpaired) electrons. The molecule has 1 aliphatic rings. The maximum Gasteiger partial charge on any atom is 0.234 e. The van der Waals surface area contributed by atoms with Gasteiger partial charge in [0.1, 0.15) is 5.82 Å². The molecule has 3 rings (SSSR count). The largest absolute Gasteiger partial charge is 0.355 e. The van der Waals surface area contributed by atoms with Crippen LogP contribution in [0.2, 0.25) is 5.02 Å². The predicted octanol–water partition coefficient (Wildman–Crippen LogP) is 2.96. The number of nitrogens with zero attached hydrogens (tertiary/aromatic N) is 2. The van der Waals surface area contributed by atoms with E-state index >= 15 is 0 Å². The van der Waals surface area contributed by atoms with E-state index in [0.717, 1.165) is 37.7 Å². The maximum absolute atomic E-state index is 13.6. The molecule has 0 aromatic heterocycles. The number of carbonyl (C=O) groups is 1. The Kier molecular flexibility index (Phi) is 7.21. The predicted molar refractivity (Wildman–Crippen MR) is 106 cm³/mol. The number of amides is 1. The Balaban J connectivity index is 1.35. The van der Waals surface area contributed by atoms with E-state index in [1.165, 1.54) is 11.6 Å². The highest BCUT2D eigenvalue weighted by Gasteiger charge is 2.19. The highest BCUT2D eigenvalue weighted by atomic mass is 35.5. The SMILES string of the molecule is O=C(CN1CCN(Cc2cccc(Cl)c2)CC1)NCCc1ccccc1F. The maximum atomic E-state index is 13.6. The first-order chi connectivity index (χ1) is 13.1. The van der Waals surface area contributed by atoms with Gasteiger partial charge in [-0.25, -0.2) is 4.39 Å². The van der Waals surface area contributed by atoms with E-state index < -0.39 is 0 Å². The van der Waals surface area contributed by atoms with Gasteiger partial charge in [0.2, 0.25) is 5.91 Å². The number of rotatable bonds is 7. The second-order valence-corrected chi connectivity index (χ2v) is 7.31. The summed E-state index contributed by atoms with van der Waals surface area (Å²) in [6.45, 7) is 5.30. The van der Waals surface area contributed by atoms with Crippen LogP contribution in [0.15, 0.2) is 48.5 Å². The third-order valence-electron chi connectivity index (χ3n) is 4.80. The molecule has 6 heteroatoms. The molecule has 1 amide bonds.